The van der Waals surface area contributed by atoms with Crippen LogP contribution in [0.15, 0.2) is 28.9 Å². The molecule has 2 rings (SSSR count). The van der Waals surface area contributed by atoms with E-state index >= 15 is 0 Å². The maximum absolute atomic E-state index is 5.49. The maximum atomic E-state index is 5.49. The Labute approximate surface area is 83.9 Å². The molecular weight excluding hydrogens is 174 g/mol. The maximum Gasteiger partial charge on any atom is 0.134 e. The van der Waals surface area contributed by atoms with E-state index in [4.69, 9.17) is 4.42 Å². The zero-order valence-corrected chi connectivity index (χ0v) is 8.63. The van der Waals surface area contributed by atoms with Crippen molar-refractivity contribution in [3.05, 3.63) is 35.6 Å². The summed E-state index contributed by atoms with van der Waals surface area (Å²) in [6.45, 7) is 6.09. The molecule has 0 fully saturated rings. The fraction of sp³-hybridized carbons (Fsp3) is 0.333. The molecular formula is C12H15NO. The Balaban J connectivity index is 2.45. The predicted octanol–water partition coefficient (Wildman–Crippen LogP) is 2.85. The van der Waals surface area contributed by atoms with Crippen LogP contribution in [0.3, 0.4) is 0 Å². The summed E-state index contributed by atoms with van der Waals surface area (Å²) in [5.74, 6) is 0. The summed E-state index contributed by atoms with van der Waals surface area (Å²) >= 11 is 0. The van der Waals surface area contributed by atoms with Crippen LogP contribution in [-0.4, -0.2) is 6.54 Å². The molecule has 1 heterocycles. The van der Waals surface area contributed by atoms with Gasteiger partial charge >= 0.3 is 0 Å². The molecule has 1 aromatic heterocycles. The molecule has 0 bridgehead atoms. The van der Waals surface area contributed by atoms with Crippen LogP contribution in [0, 0.1) is 6.92 Å². The highest BCUT2D eigenvalue weighted by Crippen LogP contribution is 2.24. The molecule has 0 aliphatic carbocycles. The van der Waals surface area contributed by atoms with Gasteiger partial charge in [-0.2, -0.15) is 0 Å². The van der Waals surface area contributed by atoms with E-state index in [0.29, 0.717) is 0 Å². The van der Waals surface area contributed by atoms with E-state index in [0.717, 1.165) is 18.7 Å². The van der Waals surface area contributed by atoms with E-state index < -0.39 is 0 Å². The van der Waals surface area contributed by atoms with Gasteiger partial charge in [0.1, 0.15) is 5.58 Å². The van der Waals surface area contributed by atoms with Gasteiger partial charge in [0.05, 0.1) is 6.26 Å². The van der Waals surface area contributed by atoms with Crippen molar-refractivity contribution in [1.82, 2.24) is 5.32 Å². The average molecular weight is 189 g/mol. The van der Waals surface area contributed by atoms with E-state index in [1.54, 1.807) is 0 Å². The van der Waals surface area contributed by atoms with Crippen LogP contribution < -0.4 is 5.32 Å². The molecule has 0 aliphatic heterocycles. The highest BCUT2D eigenvalue weighted by Gasteiger charge is 2.06. The Bertz CT molecular complexity index is 431. The molecule has 2 aromatic rings. The van der Waals surface area contributed by atoms with E-state index in [-0.39, 0.29) is 0 Å². The smallest absolute Gasteiger partial charge is 0.134 e. The molecule has 0 atom stereocenters. The molecule has 0 saturated carbocycles. The number of hydrogen-bond donors (Lipinski definition) is 1. The topological polar surface area (TPSA) is 25.2 Å². The normalized spacial score (nSPS) is 11.0. The van der Waals surface area contributed by atoms with Gasteiger partial charge < -0.3 is 9.73 Å². The second kappa shape index (κ2) is 3.84. The van der Waals surface area contributed by atoms with E-state index in [9.17, 15) is 0 Å². The van der Waals surface area contributed by atoms with E-state index in [2.05, 4.69) is 25.2 Å². The van der Waals surface area contributed by atoms with Gasteiger partial charge in [0.2, 0.25) is 0 Å². The zero-order chi connectivity index (χ0) is 9.97. The first kappa shape index (κ1) is 9.28. The van der Waals surface area contributed by atoms with Crippen molar-refractivity contribution in [1.29, 1.82) is 0 Å². The van der Waals surface area contributed by atoms with Crippen LogP contribution in [0.4, 0.5) is 0 Å². The molecule has 1 N–H and O–H groups in total. The first-order valence-corrected chi connectivity index (χ1v) is 4.99. The lowest BCUT2D eigenvalue weighted by Crippen LogP contribution is -2.11. The second-order valence-corrected chi connectivity index (χ2v) is 3.49. The van der Waals surface area contributed by atoms with Gasteiger partial charge in [0.15, 0.2) is 0 Å². The highest BCUT2D eigenvalue weighted by molar-refractivity contribution is 5.84. The number of nitrogens with one attached hydrogen (secondary N) is 1. The Morgan fingerprint density at radius 3 is 3.00 bits per heavy atom. The Morgan fingerprint density at radius 2 is 2.21 bits per heavy atom. The summed E-state index contributed by atoms with van der Waals surface area (Å²) in [4.78, 5) is 0. The minimum Gasteiger partial charge on any atom is -0.464 e. The van der Waals surface area contributed by atoms with Crippen molar-refractivity contribution in [2.24, 2.45) is 0 Å². The molecule has 0 saturated heterocycles. The van der Waals surface area contributed by atoms with Crippen LogP contribution in [0.1, 0.15) is 18.1 Å². The lowest BCUT2D eigenvalue weighted by molar-refractivity contribution is 0.604. The monoisotopic (exact) mass is 189 g/mol. The summed E-state index contributed by atoms with van der Waals surface area (Å²) < 4.78 is 5.49. The second-order valence-electron chi connectivity index (χ2n) is 3.49. The number of benzene rings is 1. The quantitative estimate of drug-likeness (QED) is 0.803. The van der Waals surface area contributed by atoms with Crippen molar-refractivity contribution >= 4 is 11.0 Å². The van der Waals surface area contributed by atoms with Crippen molar-refractivity contribution in [3.8, 4) is 0 Å². The van der Waals surface area contributed by atoms with Crippen LogP contribution in [0.25, 0.3) is 11.0 Å². The first-order chi connectivity index (χ1) is 6.83. The van der Waals surface area contributed by atoms with Gasteiger partial charge in [-0.15, -0.1) is 0 Å². The molecule has 2 nitrogen and oxygen atoms in total. The third-order valence-electron chi connectivity index (χ3n) is 2.45. The van der Waals surface area contributed by atoms with Gasteiger partial charge in [0, 0.05) is 17.5 Å². The van der Waals surface area contributed by atoms with E-state index in [1.165, 1.54) is 16.5 Å². The predicted molar refractivity (Wildman–Crippen MR) is 58.3 cm³/mol. The third kappa shape index (κ3) is 1.53. The molecule has 0 unspecified atom stereocenters. The van der Waals surface area contributed by atoms with Crippen molar-refractivity contribution in [3.63, 3.8) is 0 Å². The molecule has 2 heteroatoms. The van der Waals surface area contributed by atoms with Gasteiger partial charge in [-0.25, -0.2) is 0 Å². The Hall–Kier alpha value is -1.28. The molecule has 14 heavy (non-hydrogen) atoms. The molecule has 0 amide bonds. The Morgan fingerprint density at radius 1 is 1.36 bits per heavy atom. The lowest BCUT2D eigenvalue weighted by atomic mass is 10.1. The van der Waals surface area contributed by atoms with Gasteiger partial charge in [0.25, 0.3) is 0 Å². The summed E-state index contributed by atoms with van der Waals surface area (Å²) in [5.41, 5.74) is 3.52. The minimum atomic E-state index is 0.883. The first-order valence-electron chi connectivity index (χ1n) is 4.99. The van der Waals surface area contributed by atoms with Gasteiger partial charge in [-0.3, -0.25) is 0 Å². The third-order valence-corrected chi connectivity index (χ3v) is 2.45. The molecule has 74 valence electrons. The molecule has 0 radical (unpaired) electrons. The number of rotatable bonds is 3. The fourth-order valence-corrected chi connectivity index (χ4v) is 1.73. The van der Waals surface area contributed by atoms with E-state index in [1.807, 2.05) is 18.4 Å². The number of aryl methyl sites for hydroxylation is 1. The average Bonchev–Trinajstić information content (AvgIpc) is 2.59. The largest absolute Gasteiger partial charge is 0.464 e. The number of furan rings is 1. The SMILES string of the molecule is CCNCc1coc2cccc(C)c12. The van der Waals surface area contributed by atoms with Crippen molar-refractivity contribution < 1.29 is 4.42 Å². The molecule has 1 aromatic carbocycles. The van der Waals surface area contributed by atoms with Crippen molar-refractivity contribution in [2.45, 2.75) is 20.4 Å². The van der Waals surface area contributed by atoms with Crippen LogP contribution in [0.5, 0.6) is 0 Å². The standard InChI is InChI=1S/C12H15NO/c1-3-13-7-10-8-14-11-6-4-5-9(2)12(10)11/h4-6,8,13H,3,7H2,1-2H3. The zero-order valence-electron chi connectivity index (χ0n) is 8.63. The fourth-order valence-electron chi connectivity index (χ4n) is 1.73. The van der Waals surface area contributed by atoms with Crippen molar-refractivity contribution in [2.75, 3.05) is 6.54 Å². The summed E-state index contributed by atoms with van der Waals surface area (Å²) in [6.07, 6.45) is 1.85. The van der Waals surface area contributed by atoms with Crippen LogP contribution in [0.2, 0.25) is 0 Å². The Kier molecular flexibility index (Phi) is 2.55. The van der Waals surface area contributed by atoms with Gasteiger partial charge in [-0.1, -0.05) is 19.1 Å². The van der Waals surface area contributed by atoms with Crippen LogP contribution in [-0.2, 0) is 6.54 Å². The molecule has 0 spiro atoms. The summed E-state index contributed by atoms with van der Waals surface area (Å²) in [7, 11) is 0. The minimum absolute atomic E-state index is 0.883. The molecule has 0 aliphatic rings. The lowest BCUT2D eigenvalue weighted by Gasteiger charge is -2.00. The van der Waals surface area contributed by atoms with Gasteiger partial charge in [-0.05, 0) is 25.1 Å². The number of fused-ring (bicyclic) bond motifs is 1. The highest BCUT2D eigenvalue weighted by atomic mass is 16.3. The summed E-state index contributed by atoms with van der Waals surface area (Å²) in [5, 5.41) is 4.57. The number of hydrogen-bond acceptors (Lipinski definition) is 2. The summed E-state index contributed by atoms with van der Waals surface area (Å²) in [6, 6.07) is 6.16. The van der Waals surface area contributed by atoms with Crippen LogP contribution >= 0.6 is 0 Å².